The zero-order valence-corrected chi connectivity index (χ0v) is 12.7. The fraction of sp³-hybridized carbons (Fsp3) is 0.538. The lowest BCUT2D eigenvalue weighted by molar-refractivity contribution is 0.366. The van der Waals surface area contributed by atoms with Gasteiger partial charge in [-0.15, -0.1) is 0 Å². The fourth-order valence-electron chi connectivity index (χ4n) is 1.95. The molecule has 0 radical (unpaired) electrons. The number of nitrogens with zero attached hydrogens (tertiary/aromatic N) is 1. The molecule has 0 aliphatic heterocycles. The molecule has 114 valence electrons. The first-order valence-electron chi connectivity index (χ1n) is 6.42. The highest BCUT2D eigenvalue weighted by Gasteiger charge is 2.29. The van der Waals surface area contributed by atoms with Gasteiger partial charge in [0.15, 0.2) is 5.82 Å². The summed E-state index contributed by atoms with van der Waals surface area (Å²) in [6, 6.07) is 1.60. The minimum atomic E-state index is -4.00. The molecule has 0 saturated carbocycles. The zero-order valence-electron chi connectivity index (χ0n) is 11.9. The van der Waals surface area contributed by atoms with Gasteiger partial charge in [0.25, 0.3) is 0 Å². The third-order valence-electron chi connectivity index (χ3n) is 3.34. The van der Waals surface area contributed by atoms with Crippen molar-refractivity contribution >= 4 is 10.0 Å². The Labute approximate surface area is 118 Å². The van der Waals surface area contributed by atoms with Crippen LogP contribution < -0.4 is 5.73 Å². The first-order valence-corrected chi connectivity index (χ1v) is 7.86. The predicted octanol–water partition coefficient (Wildman–Crippen LogP) is 2.23. The average molecular weight is 306 g/mol. The molecule has 1 atom stereocenters. The summed E-state index contributed by atoms with van der Waals surface area (Å²) in [6.45, 7) is 3.28. The van der Waals surface area contributed by atoms with Crippen LogP contribution >= 0.6 is 0 Å². The van der Waals surface area contributed by atoms with Gasteiger partial charge < -0.3 is 5.73 Å². The van der Waals surface area contributed by atoms with Crippen LogP contribution in [0.5, 0.6) is 0 Å². The second-order valence-electron chi connectivity index (χ2n) is 4.70. The van der Waals surface area contributed by atoms with Crippen molar-refractivity contribution in [2.75, 3.05) is 7.05 Å². The van der Waals surface area contributed by atoms with Gasteiger partial charge in [-0.1, -0.05) is 13.3 Å². The largest absolute Gasteiger partial charge is 0.326 e. The summed E-state index contributed by atoms with van der Waals surface area (Å²) in [4.78, 5) is -0.537. The smallest absolute Gasteiger partial charge is 0.245 e. The van der Waals surface area contributed by atoms with E-state index in [4.69, 9.17) is 5.73 Å². The minimum Gasteiger partial charge on any atom is -0.326 e. The Balaban J connectivity index is 3.29. The van der Waals surface area contributed by atoms with Crippen LogP contribution in [0.25, 0.3) is 0 Å². The summed E-state index contributed by atoms with van der Waals surface area (Å²) >= 11 is 0. The van der Waals surface area contributed by atoms with Crippen molar-refractivity contribution in [3.63, 3.8) is 0 Å². The Morgan fingerprint density at radius 1 is 1.35 bits per heavy atom. The van der Waals surface area contributed by atoms with Gasteiger partial charge >= 0.3 is 0 Å². The lowest BCUT2D eigenvalue weighted by atomic mass is 10.2. The first-order chi connectivity index (χ1) is 9.27. The second-order valence-corrected chi connectivity index (χ2v) is 6.67. The van der Waals surface area contributed by atoms with Gasteiger partial charge in [0, 0.05) is 25.2 Å². The van der Waals surface area contributed by atoms with E-state index in [1.807, 2.05) is 6.92 Å². The predicted molar refractivity (Wildman–Crippen MR) is 73.6 cm³/mol. The van der Waals surface area contributed by atoms with Crippen LogP contribution in [0.15, 0.2) is 17.0 Å². The molecule has 0 spiro atoms. The van der Waals surface area contributed by atoms with Crippen molar-refractivity contribution < 1.29 is 17.2 Å². The zero-order chi connectivity index (χ0) is 15.5. The molecule has 0 aliphatic carbocycles. The highest BCUT2D eigenvalue weighted by atomic mass is 32.2. The van der Waals surface area contributed by atoms with Gasteiger partial charge in [0.1, 0.15) is 10.7 Å². The first kappa shape index (κ1) is 17.0. The van der Waals surface area contributed by atoms with E-state index >= 15 is 0 Å². The van der Waals surface area contributed by atoms with Gasteiger partial charge in [-0.05, 0) is 25.5 Å². The van der Waals surface area contributed by atoms with Crippen molar-refractivity contribution in [2.45, 2.75) is 44.2 Å². The Morgan fingerprint density at radius 2 is 1.95 bits per heavy atom. The molecule has 4 nitrogen and oxygen atoms in total. The lowest BCUT2D eigenvalue weighted by Gasteiger charge is -2.24. The molecule has 0 aromatic heterocycles. The highest BCUT2D eigenvalue weighted by molar-refractivity contribution is 7.89. The van der Waals surface area contributed by atoms with E-state index in [1.165, 1.54) is 7.05 Å². The number of hydrogen-bond acceptors (Lipinski definition) is 3. The van der Waals surface area contributed by atoms with E-state index in [9.17, 15) is 17.2 Å². The molecule has 20 heavy (non-hydrogen) atoms. The molecule has 0 saturated heterocycles. The molecule has 0 bridgehead atoms. The van der Waals surface area contributed by atoms with Crippen molar-refractivity contribution in [2.24, 2.45) is 5.73 Å². The normalized spacial score (nSPS) is 13.8. The molecule has 2 N–H and O–H groups in total. The maximum absolute atomic E-state index is 14.1. The quantitative estimate of drug-likeness (QED) is 0.876. The number of halogens is 2. The molecule has 1 aromatic carbocycles. The fourth-order valence-corrected chi connectivity index (χ4v) is 3.43. The average Bonchev–Trinajstić information content (AvgIpc) is 2.38. The molecule has 1 unspecified atom stereocenters. The molecule has 0 amide bonds. The summed E-state index contributed by atoms with van der Waals surface area (Å²) in [5.74, 6) is -1.95. The summed E-state index contributed by atoms with van der Waals surface area (Å²) in [5.41, 5.74) is 4.84. The minimum absolute atomic E-state index is 0.268. The topological polar surface area (TPSA) is 63.4 Å². The third-order valence-corrected chi connectivity index (χ3v) is 5.33. The van der Waals surface area contributed by atoms with E-state index < -0.39 is 38.7 Å². The number of hydrogen-bond donors (Lipinski definition) is 1. The maximum Gasteiger partial charge on any atom is 0.245 e. The molecular weight excluding hydrogens is 286 g/mol. The Kier molecular flexibility index (Phi) is 5.61. The van der Waals surface area contributed by atoms with Crippen LogP contribution in [-0.4, -0.2) is 25.8 Å². The van der Waals surface area contributed by atoms with Crippen LogP contribution in [0.3, 0.4) is 0 Å². The molecule has 7 heteroatoms. The van der Waals surface area contributed by atoms with E-state index in [1.54, 1.807) is 6.92 Å². The molecule has 0 fully saturated rings. The summed E-state index contributed by atoms with van der Waals surface area (Å²) in [5, 5.41) is 0. The van der Waals surface area contributed by atoms with Crippen LogP contribution in [0, 0.1) is 11.6 Å². The maximum atomic E-state index is 14.1. The van der Waals surface area contributed by atoms with Gasteiger partial charge in [0.05, 0.1) is 0 Å². The van der Waals surface area contributed by atoms with Crippen LogP contribution in [0.2, 0.25) is 0 Å². The lowest BCUT2D eigenvalue weighted by Crippen LogP contribution is -2.35. The second kappa shape index (κ2) is 6.60. The molecule has 1 aromatic rings. The third kappa shape index (κ3) is 3.16. The summed E-state index contributed by atoms with van der Waals surface area (Å²) in [7, 11) is -2.61. The van der Waals surface area contributed by atoms with E-state index in [2.05, 4.69) is 0 Å². The standard InChI is InChI=1S/C13H20F2N2O2S/c1-4-5-9(2)17(3)20(18,19)12-7-6-11(14)10(8-16)13(12)15/h6-7,9H,4-5,8,16H2,1-3H3. The van der Waals surface area contributed by atoms with Gasteiger partial charge in [0.2, 0.25) is 10.0 Å². The van der Waals surface area contributed by atoms with Gasteiger partial charge in [-0.25, -0.2) is 17.2 Å². The number of sulfonamides is 1. The molecule has 0 aliphatic rings. The van der Waals surface area contributed by atoms with E-state index in [-0.39, 0.29) is 6.04 Å². The van der Waals surface area contributed by atoms with Crippen molar-refractivity contribution in [3.05, 3.63) is 29.3 Å². The number of nitrogens with two attached hydrogens (primary N) is 1. The number of benzene rings is 1. The van der Waals surface area contributed by atoms with Crippen molar-refractivity contribution in [3.8, 4) is 0 Å². The van der Waals surface area contributed by atoms with E-state index in [0.717, 1.165) is 22.9 Å². The van der Waals surface area contributed by atoms with Crippen molar-refractivity contribution in [1.29, 1.82) is 0 Å². The van der Waals surface area contributed by atoms with Gasteiger partial charge in [-0.2, -0.15) is 4.31 Å². The number of rotatable bonds is 6. The molecule has 1 rings (SSSR count). The molecular formula is C13H20F2N2O2S. The molecule has 0 heterocycles. The highest BCUT2D eigenvalue weighted by Crippen LogP contribution is 2.25. The van der Waals surface area contributed by atoms with Crippen molar-refractivity contribution in [1.82, 2.24) is 4.31 Å². The van der Waals surface area contributed by atoms with Crippen LogP contribution in [0.4, 0.5) is 8.78 Å². The Morgan fingerprint density at radius 3 is 2.45 bits per heavy atom. The summed E-state index contributed by atoms with van der Waals surface area (Å²) < 4.78 is 53.3. The SMILES string of the molecule is CCCC(C)N(C)S(=O)(=O)c1ccc(F)c(CN)c1F. The summed E-state index contributed by atoms with van der Waals surface area (Å²) in [6.07, 6.45) is 1.46. The van der Waals surface area contributed by atoms with Gasteiger partial charge in [-0.3, -0.25) is 0 Å². The van der Waals surface area contributed by atoms with Crippen LogP contribution in [-0.2, 0) is 16.6 Å². The Hall–Kier alpha value is -1.05. The Bertz CT molecular complexity index is 576. The van der Waals surface area contributed by atoms with E-state index in [0.29, 0.717) is 6.42 Å². The monoisotopic (exact) mass is 306 g/mol. The van der Waals surface area contributed by atoms with Crippen LogP contribution in [0.1, 0.15) is 32.3 Å².